The molecule has 0 aromatic heterocycles. The van der Waals surface area contributed by atoms with Crippen molar-refractivity contribution in [2.24, 2.45) is 0 Å². The average Bonchev–Trinajstić information content (AvgIpc) is 3.13. The molecular weight excluding hydrogens is 320 g/mol. The number of hydrogen-bond donors (Lipinski definition) is 0. The van der Waals surface area contributed by atoms with Crippen molar-refractivity contribution in [3.05, 3.63) is 60.2 Å². The van der Waals surface area contributed by atoms with Crippen LogP contribution in [0, 0.1) is 0 Å². The third-order valence-electron chi connectivity index (χ3n) is 2.95. The van der Waals surface area contributed by atoms with Crippen LogP contribution in [0.1, 0.15) is 38.2 Å². The molecule has 116 valence electrons. The van der Waals surface area contributed by atoms with Crippen LogP contribution >= 0.6 is 11.8 Å². The molecule has 0 aliphatic rings. The second kappa shape index (κ2) is 14.2. The van der Waals surface area contributed by atoms with Gasteiger partial charge in [0.2, 0.25) is 0 Å². The molecule has 2 aromatic rings. The van der Waals surface area contributed by atoms with Crippen LogP contribution in [-0.4, -0.2) is 10.9 Å². The minimum atomic E-state index is 0. The third kappa shape index (κ3) is 12.7. The summed E-state index contributed by atoms with van der Waals surface area (Å²) in [5, 5.41) is 0.242. The minimum Gasteiger partial charge on any atom is -0.288 e. The summed E-state index contributed by atoms with van der Waals surface area (Å²) >= 11 is 1.45. The smallest absolute Gasteiger partial charge is 0.288 e. The fourth-order valence-corrected chi connectivity index (χ4v) is 2.54. The molecule has 0 atom stereocenters. The van der Waals surface area contributed by atoms with Gasteiger partial charge in [-0.15, -0.1) is 0 Å². The molecule has 3 heteroatoms. The van der Waals surface area contributed by atoms with Gasteiger partial charge in [-0.2, -0.15) is 35.9 Å². The molecule has 0 heterocycles. The molecule has 2 rings (SSSR count). The number of rotatable bonds is 7. The van der Waals surface area contributed by atoms with Gasteiger partial charge in [0.15, 0.2) is 5.12 Å². The second-order valence-electron chi connectivity index (χ2n) is 4.76. The molecule has 0 aliphatic heterocycles. The van der Waals surface area contributed by atoms with Crippen LogP contribution in [0.5, 0.6) is 0 Å². The van der Waals surface area contributed by atoms with Gasteiger partial charge in [-0.1, -0.05) is 37.4 Å². The van der Waals surface area contributed by atoms with E-state index in [4.69, 9.17) is 0 Å². The summed E-state index contributed by atoms with van der Waals surface area (Å²) in [7, 11) is 0. The summed E-state index contributed by atoms with van der Waals surface area (Å²) in [6.07, 6.45) is 6.18. The van der Waals surface area contributed by atoms with Crippen LogP contribution in [0.3, 0.4) is 0 Å². The van der Waals surface area contributed by atoms with Gasteiger partial charge in [-0.3, -0.25) is 4.79 Å². The molecule has 0 N–H and O–H groups in total. The maximum atomic E-state index is 10.7. The van der Waals surface area contributed by atoms with E-state index in [1.807, 2.05) is 30.3 Å². The number of unbranched alkanes of at least 4 members (excludes halogenated alkanes) is 3. The molecule has 0 saturated heterocycles. The van der Waals surface area contributed by atoms with E-state index < -0.39 is 0 Å². The van der Waals surface area contributed by atoms with Gasteiger partial charge in [0.05, 0.1) is 0 Å². The van der Waals surface area contributed by atoms with Crippen molar-refractivity contribution in [2.75, 3.05) is 5.75 Å². The third-order valence-corrected chi connectivity index (χ3v) is 3.85. The zero-order valence-corrected chi connectivity index (χ0v) is 14.5. The summed E-state index contributed by atoms with van der Waals surface area (Å²) < 4.78 is 0. The summed E-state index contributed by atoms with van der Waals surface area (Å²) in [5.74, 6) is 0.992. The van der Waals surface area contributed by atoms with E-state index in [1.54, 1.807) is 6.92 Å². The van der Waals surface area contributed by atoms with Crippen LogP contribution in [0.2, 0.25) is 0 Å². The first-order valence-electron chi connectivity index (χ1n) is 7.29. The second-order valence-corrected chi connectivity index (χ2v) is 6.03. The fraction of sp³-hybridized carbons (Fsp3) is 0.389. The van der Waals surface area contributed by atoms with E-state index in [9.17, 15) is 4.79 Å². The summed E-state index contributed by atoms with van der Waals surface area (Å²) in [6.45, 7) is 1.64. The van der Waals surface area contributed by atoms with E-state index in [-0.39, 0.29) is 22.2 Å². The Morgan fingerprint density at radius 1 is 1.05 bits per heavy atom. The van der Waals surface area contributed by atoms with E-state index in [1.165, 1.54) is 49.4 Å². The van der Waals surface area contributed by atoms with Crippen LogP contribution in [0.4, 0.5) is 0 Å². The van der Waals surface area contributed by atoms with E-state index >= 15 is 0 Å². The maximum Gasteiger partial charge on any atom is 2.00 e. The first kappa shape index (κ1) is 20.2. The number of aryl methyl sites for hydroxylation is 1. The molecule has 21 heavy (non-hydrogen) atoms. The fourth-order valence-electron chi connectivity index (χ4n) is 1.90. The molecule has 1 nitrogen and oxygen atoms in total. The average molecular weight is 344 g/mol. The van der Waals surface area contributed by atoms with Crippen molar-refractivity contribution in [1.29, 1.82) is 0 Å². The Hall–Kier alpha value is -0.761. The predicted octanol–water partition coefficient (Wildman–Crippen LogP) is 5.19. The molecule has 2 aromatic carbocycles. The van der Waals surface area contributed by atoms with Crippen LogP contribution < -0.4 is 0 Å². The van der Waals surface area contributed by atoms with Gasteiger partial charge in [0.1, 0.15) is 0 Å². The monoisotopic (exact) mass is 344 g/mol. The quantitative estimate of drug-likeness (QED) is 0.391. The normalized spacial score (nSPS) is 9.38. The van der Waals surface area contributed by atoms with Crippen molar-refractivity contribution in [3.8, 4) is 0 Å². The summed E-state index contributed by atoms with van der Waals surface area (Å²) in [4.78, 5) is 10.7. The van der Waals surface area contributed by atoms with Gasteiger partial charge < -0.3 is 0 Å². The molecule has 0 bridgehead atoms. The Bertz CT molecular complexity index is 403. The van der Waals surface area contributed by atoms with Crippen LogP contribution in [0.15, 0.2) is 54.6 Å². The largest absolute Gasteiger partial charge is 2.00 e. The standard InChI is InChI=1S/C13H19OS.C5H5.Fe/c1-12(14)15-11-7-3-2-4-8-13-9-5-6-10-13;1-2-4-5-3-1;/h5-6,9-10H,2-4,7-8,11H2,1H3;1-5H;/q2*-1;+2. The predicted molar refractivity (Wildman–Crippen MR) is 89.4 cm³/mol. The number of thioether (sulfide) groups is 1. The van der Waals surface area contributed by atoms with E-state index in [0.29, 0.717) is 0 Å². The number of hydrogen-bond acceptors (Lipinski definition) is 2. The molecule has 0 fully saturated rings. The Kier molecular flexibility index (Phi) is 13.7. The van der Waals surface area contributed by atoms with Gasteiger partial charge in [0.25, 0.3) is 0 Å². The number of carbonyl (C=O) groups is 1. The van der Waals surface area contributed by atoms with Gasteiger partial charge in [-0.05, 0) is 6.42 Å². The first-order valence-corrected chi connectivity index (χ1v) is 8.28. The summed E-state index contributed by atoms with van der Waals surface area (Å²) in [6, 6.07) is 18.6. The number of carbonyl (C=O) groups excluding carboxylic acids is 1. The molecule has 0 amide bonds. The van der Waals surface area contributed by atoms with Gasteiger partial charge in [0, 0.05) is 12.7 Å². The van der Waals surface area contributed by atoms with Crippen molar-refractivity contribution >= 4 is 16.9 Å². The molecule has 0 saturated carbocycles. The van der Waals surface area contributed by atoms with Crippen molar-refractivity contribution < 1.29 is 21.9 Å². The summed E-state index contributed by atoms with van der Waals surface area (Å²) in [5.41, 5.74) is 1.45. The van der Waals surface area contributed by atoms with Gasteiger partial charge in [-0.25, -0.2) is 24.3 Å². The maximum absolute atomic E-state index is 10.7. The van der Waals surface area contributed by atoms with E-state index in [2.05, 4.69) is 24.3 Å². The van der Waals surface area contributed by atoms with Crippen LogP contribution in [0.25, 0.3) is 0 Å². The minimum absolute atomic E-state index is 0. The molecule has 0 aliphatic carbocycles. The Balaban J connectivity index is 0.000000562. The molecule has 0 unspecified atom stereocenters. The van der Waals surface area contributed by atoms with Crippen molar-refractivity contribution in [3.63, 3.8) is 0 Å². The van der Waals surface area contributed by atoms with Crippen LogP contribution in [-0.2, 0) is 28.3 Å². The Labute approximate surface area is 143 Å². The first-order chi connectivity index (χ1) is 9.79. The van der Waals surface area contributed by atoms with E-state index in [0.717, 1.165) is 5.75 Å². The zero-order chi connectivity index (χ0) is 14.5. The van der Waals surface area contributed by atoms with Gasteiger partial charge >= 0.3 is 17.1 Å². The van der Waals surface area contributed by atoms with Crippen molar-refractivity contribution in [2.45, 2.75) is 39.0 Å². The Morgan fingerprint density at radius 2 is 1.76 bits per heavy atom. The SMILES string of the molecule is CC(=O)SCCCCCCc1ccc[cH-]1.[Fe+2].c1cc[cH-]c1. The molecular formula is C18H24FeOS. The molecule has 0 radical (unpaired) electrons. The van der Waals surface area contributed by atoms with Crippen molar-refractivity contribution in [1.82, 2.24) is 0 Å². The Morgan fingerprint density at radius 3 is 2.29 bits per heavy atom. The topological polar surface area (TPSA) is 17.1 Å². The zero-order valence-electron chi connectivity index (χ0n) is 12.6. The molecule has 0 spiro atoms.